The maximum atomic E-state index is 11.5. The Kier molecular flexibility index (Phi) is 3.46. The monoisotopic (exact) mass is 236 g/mol. The Bertz CT molecular complexity index is 435. The zero-order valence-corrected chi connectivity index (χ0v) is 9.71. The molecule has 0 saturated carbocycles. The maximum Gasteiger partial charge on any atom is 0.276 e. The van der Waals surface area contributed by atoms with Crippen molar-refractivity contribution in [1.82, 2.24) is 5.32 Å². The van der Waals surface area contributed by atoms with Gasteiger partial charge < -0.3 is 4.42 Å². The van der Waals surface area contributed by atoms with Gasteiger partial charge >= 0.3 is 0 Å². The topological polar surface area (TPSA) is 54.6 Å². The lowest BCUT2D eigenvalue weighted by atomic mass is 10.3. The first-order chi connectivity index (χ1) is 7.79. The molecule has 1 aromatic heterocycles. The first-order valence-electron chi connectivity index (χ1n) is 5.07. The van der Waals surface area contributed by atoms with Crippen molar-refractivity contribution in [1.29, 1.82) is 0 Å². The number of hydrogen-bond acceptors (Lipinski definition) is 4. The molecule has 16 heavy (non-hydrogen) atoms. The van der Waals surface area contributed by atoms with Crippen molar-refractivity contribution in [3.8, 4) is 0 Å². The summed E-state index contributed by atoms with van der Waals surface area (Å²) in [5.74, 6) is 1.42. The molecular formula is C11H12N2O2S. The van der Waals surface area contributed by atoms with Crippen LogP contribution in [0.2, 0.25) is 0 Å². The molecule has 1 aliphatic heterocycles. The lowest BCUT2D eigenvalue weighted by Gasteiger charge is -1.95. The molecule has 1 amide bonds. The lowest BCUT2D eigenvalue weighted by Crippen LogP contribution is -2.21. The predicted molar refractivity (Wildman–Crippen MR) is 65.0 cm³/mol. The third kappa shape index (κ3) is 2.55. The maximum absolute atomic E-state index is 11.5. The molecular weight excluding hydrogens is 224 g/mol. The van der Waals surface area contributed by atoms with Crippen LogP contribution in [0, 0.1) is 0 Å². The molecule has 1 N–H and O–H groups in total. The van der Waals surface area contributed by atoms with Crippen LogP contribution in [-0.2, 0) is 4.79 Å². The van der Waals surface area contributed by atoms with Crippen LogP contribution in [0.4, 0.5) is 0 Å². The number of furan rings is 1. The molecule has 1 aromatic rings. The molecule has 84 valence electrons. The SMILES string of the molecule is CCCSC1=NC(=Cc2ccco2)C(=O)N1. The van der Waals surface area contributed by atoms with Gasteiger partial charge in [0.2, 0.25) is 0 Å². The fourth-order valence-corrected chi connectivity index (χ4v) is 1.95. The van der Waals surface area contributed by atoms with Gasteiger partial charge in [0.05, 0.1) is 6.26 Å². The number of thioether (sulfide) groups is 1. The average Bonchev–Trinajstić information content (AvgIpc) is 2.87. The highest BCUT2D eigenvalue weighted by molar-refractivity contribution is 8.13. The van der Waals surface area contributed by atoms with E-state index in [0.29, 0.717) is 16.6 Å². The Balaban J connectivity index is 2.10. The van der Waals surface area contributed by atoms with Gasteiger partial charge in [0.1, 0.15) is 11.5 Å². The lowest BCUT2D eigenvalue weighted by molar-refractivity contribution is -0.115. The molecule has 0 aromatic carbocycles. The van der Waals surface area contributed by atoms with E-state index in [9.17, 15) is 4.79 Å². The fourth-order valence-electron chi connectivity index (χ4n) is 1.22. The molecule has 2 rings (SSSR count). The van der Waals surface area contributed by atoms with Crippen molar-refractivity contribution in [3.63, 3.8) is 0 Å². The van der Waals surface area contributed by atoms with Crippen LogP contribution in [0.15, 0.2) is 33.5 Å². The molecule has 5 heteroatoms. The fraction of sp³-hybridized carbons (Fsp3) is 0.273. The number of hydrogen-bond donors (Lipinski definition) is 1. The largest absolute Gasteiger partial charge is 0.465 e. The van der Waals surface area contributed by atoms with Gasteiger partial charge in [0.15, 0.2) is 5.17 Å². The van der Waals surface area contributed by atoms with E-state index < -0.39 is 0 Å². The van der Waals surface area contributed by atoms with Gasteiger partial charge in [-0.05, 0) is 18.6 Å². The Morgan fingerprint density at radius 1 is 1.62 bits per heavy atom. The second kappa shape index (κ2) is 5.03. The molecule has 0 bridgehead atoms. The zero-order chi connectivity index (χ0) is 11.4. The van der Waals surface area contributed by atoms with Crippen molar-refractivity contribution in [2.45, 2.75) is 13.3 Å². The first-order valence-corrected chi connectivity index (χ1v) is 6.06. The van der Waals surface area contributed by atoms with E-state index in [1.165, 1.54) is 0 Å². The summed E-state index contributed by atoms with van der Waals surface area (Å²) in [4.78, 5) is 15.7. The molecule has 0 spiro atoms. The summed E-state index contributed by atoms with van der Waals surface area (Å²) in [7, 11) is 0. The number of nitrogens with zero attached hydrogens (tertiary/aromatic N) is 1. The minimum absolute atomic E-state index is 0.171. The van der Waals surface area contributed by atoms with Gasteiger partial charge in [-0.15, -0.1) is 0 Å². The molecule has 0 atom stereocenters. The van der Waals surface area contributed by atoms with Gasteiger partial charge in [-0.2, -0.15) is 0 Å². The highest BCUT2D eigenvalue weighted by atomic mass is 32.2. The van der Waals surface area contributed by atoms with Crippen LogP contribution in [-0.4, -0.2) is 16.8 Å². The van der Waals surface area contributed by atoms with Crippen LogP contribution in [0.25, 0.3) is 6.08 Å². The van der Waals surface area contributed by atoms with E-state index >= 15 is 0 Å². The third-order valence-electron chi connectivity index (χ3n) is 1.94. The van der Waals surface area contributed by atoms with Crippen LogP contribution >= 0.6 is 11.8 Å². The highest BCUT2D eigenvalue weighted by Gasteiger charge is 2.20. The summed E-state index contributed by atoms with van der Waals surface area (Å²) < 4.78 is 5.13. The Labute approximate surface area is 97.8 Å². The van der Waals surface area contributed by atoms with Crippen molar-refractivity contribution < 1.29 is 9.21 Å². The van der Waals surface area contributed by atoms with Crippen molar-refractivity contribution in [2.75, 3.05) is 5.75 Å². The smallest absolute Gasteiger partial charge is 0.276 e. The average molecular weight is 236 g/mol. The van der Waals surface area contributed by atoms with Gasteiger partial charge in [0.25, 0.3) is 5.91 Å². The molecule has 0 radical (unpaired) electrons. The molecule has 4 nitrogen and oxygen atoms in total. The minimum atomic E-state index is -0.171. The highest BCUT2D eigenvalue weighted by Crippen LogP contribution is 2.16. The van der Waals surface area contributed by atoms with Gasteiger partial charge in [-0.3, -0.25) is 10.1 Å². The Morgan fingerprint density at radius 3 is 3.19 bits per heavy atom. The molecule has 2 heterocycles. The number of carbonyl (C=O) groups excluding carboxylic acids is 1. The Morgan fingerprint density at radius 2 is 2.50 bits per heavy atom. The molecule has 0 aliphatic carbocycles. The number of rotatable bonds is 3. The number of nitrogens with one attached hydrogen (secondary N) is 1. The predicted octanol–water partition coefficient (Wildman–Crippen LogP) is 2.25. The van der Waals surface area contributed by atoms with Crippen molar-refractivity contribution in [2.24, 2.45) is 4.99 Å². The second-order valence-corrected chi connectivity index (χ2v) is 4.35. The van der Waals surface area contributed by atoms with E-state index in [4.69, 9.17) is 4.42 Å². The van der Waals surface area contributed by atoms with E-state index in [1.807, 2.05) is 0 Å². The zero-order valence-electron chi connectivity index (χ0n) is 8.90. The van der Waals surface area contributed by atoms with Crippen LogP contribution < -0.4 is 5.32 Å². The van der Waals surface area contributed by atoms with Crippen LogP contribution in [0.1, 0.15) is 19.1 Å². The van der Waals surface area contributed by atoms with E-state index in [0.717, 1.165) is 12.2 Å². The van der Waals surface area contributed by atoms with Crippen molar-refractivity contribution in [3.05, 3.63) is 29.9 Å². The first kappa shape index (κ1) is 11.0. The summed E-state index contributed by atoms with van der Waals surface area (Å²) in [6, 6.07) is 3.56. The Hall–Kier alpha value is -1.49. The van der Waals surface area contributed by atoms with E-state index in [2.05, 4.69) is 17.2 Å². The number of amidine groups is 1. The number of aliphatic imine (C=N–C) groups is 1. The summed E-state index contributed by atoms with van der Waals surface area (Å²) in [5, 5.41) is 3.39. The van der Waals surface area contributed by atoms with E-state index in [1.54, 1.807) is 36.2 Å². The molecule has 1 aliphatic rings. The van der Waals surface area contributed by atoms with Gasteiger partial charge in [-0.1, -0.05) is 18.7 Å². The van der Waals surface area contributed by atoms with Gasteiger partial charge in [0, 0.05) is 11.8 Å². The standard InChI is InChI=1S/C11H12N2O2S/c1-2-6-16-11-12-9(10(14)13-11)7-8-4-3-5-15-8/h3-5,7H,2,6H2,1H3,(H,12,13,14). The summed E-state index contributed by atoms with van der Waals surface area (Å²) in [5.41, 5.74) is 0.397. The number of carbonyl (C=O) groups is 1. The minimum Gasteiger partial charge on any atom is -0.465 e. The molecule has 0 fully saturated rings. The van der Waals surface area contributed by atoms with Gasteiger partial charge in [-0.25, -0.2) is 4.99 Å². The molecule has 0 saturated heterocycles. The quantitative estimate of drug-likeness (QED) is 0.819. The normalized spacial score (nSPS) is 17.7. The third-order valence-corrected chi connectivity index (χ3v) is 3.02. The number of amides is 1. The summed E-state index contributed by atoms with van der Waals surface area (Å²) in [6.07, 6.45) is 4.25. The summed E-state index contributed by atoms with van der Waals surface area (Å²) in [6.45, 7) is 2.09. The van der Waals surface area contributed by atoms with Crippen molar-refractivity contribution >= 4 is 28.9 Å². The summed E-state index contributed by atoms with van der Waals surface area (Å²) >= 11 is 1.55. The van der Waals surface area contributed by atoms with Crippen LogP contribution in [0.3, 0.4) is 0 Å². The molecule has 0 unspecified atom stereocenters. The van der Waals surface area contributed by atoms with Crippen LogP contribution in [0.5, 0.6) is 0 Å². The van der Waals surface area contributed by atoms with E-state index in [-0.39, 0.29) is 5.91 Å². The second-order valence-electron chi connectivity index (χ2n) is 3.26.